The number of carbonyl (C=O) groups excluding carboxylic acids is 1. The third-order valence-electron chi connectivity index (χ3n) is 3.52. The van der Waals surface area contributed by atoms with Crippen molar-refractivity contribution in [1.82, 2.24) is 0 Å². The quantitative estimate of drug-likeness (QED) is 0.203. The summed E-state index contributed by atoms with van der Waals surface area (Å²) >= 11 is 0. The minimum atomic E-state index is -0.411. The number of ether oxygens (including phenoxy) is 1. The molecule has 1 atom stereocenters. The first-order chi connectivity index (χ1) is 11.7. The van der Waals surface area contributed by atoms with E-state index in [-0.39, 0.29) is 5.97 Å². The molecule has 0 aromatic heterocycles. The summed E-state index contributed by atoms with van der Waals surface area (Å²) in [4.78, 5) is 10.9. The third kappa shape index (κ3) is 16.8. The Labute approximate surface area is 147 Å². The topological polar surface area (TPSA) is 46.5 Å². The molecule has 3 nitrogen and oxygen atoms in total. The van der Waals surface area contributed by atoms with Crippen molar-refractivity contribution >= 4 is 5.97 Å². The summed E-state index contributed by atoms with van der Waals surface area (Å²) in [5, 5.41) is 9.79. The molecule has 136 valence electrons. The van der Waals surface area contributed by atoms with Gasteiger partial charge < -0.3 is 9.84 Å². The summed E-state index contributed by atoms with van der Waals surface area (Å²) in [6, 6.07) is 0. The highest BCUT2D eigenvalue weighted by molar-refractivity contribution is 5.69. The van der Waals surface area contributed by atoms with Crippen molar-refractivity contribution < 1.29 is 14.6 Å². The largest absolute Gasteiger partial charge is 0.469 e. The van der Waals surface area contributed by atoms with Crippen LogP contribution in [-0.2, 0) is 9.53 Å². The van der Waals surface area contributed by atoms with E-state index in [1.165, 1.54) is 26.4 Å². The SMILES string of the molecule is CCCCC/C=C\C[C@@H](O)/C=C/C=C\C/C=C\CCCC(=O)OC. The molecule has 0 heterocycles. The van der Waals surface area contributed by atoms with Crippen molar-refractivity contribution in [3.05, 3.63) is 48.6 Å². The summed E-state index contributed by atoms with van der Waals surface area (Å²) in [5.41, 5.74) is 0. The Morgan fingerprint density at radius 3 is 2.50 bits per heavy atom. The van der Waals surface area contributed by atoms with Crippen LogP contribution in [0.3, 0.4) is 0 Å². The summed E-state index contributed by atoms with van der Waals surface area (Å²) in [7, 11) is 1.41. The van der Waals surface area contributed by atoms with Gasteiger partial charge in [-0.1, -0.05) is 68.4 Å². The summed E-state index contributed by atoms with van der Waals surface area (Å²) in [6.07, 6.45) is 24.3. The molecule has 0 saturated heterocycles. The average molecular weight is 335 g/mol. The normalized spacial score (nSPS) is 13.6. The lowest BCUT2D eigenvalue weighted by Crippen LogP contribution is -1.98. The van der Waals surface area contributed by atoms with Crippen molar-refractivity contribution in [2.75, 3.05) is 7.11 Å². The number of rotatable bonds is 14. The standard InChI is InChI=1S/C21H34O3/c1-3-4-5-6-11-14-17-20(22)18-15-12-9-7-8-10-13-16-19-21(23)24-2/h8-12,14-15,18,20,22H,3-7,13,16-17,19H2,1-2H3/b10-8-,12-9-,14-11-,18-15+/t20-/m1/s1. The molecule has 0 aromatic rings. The zero-order chi connectivity index (χ0) is 17.9. The maximum Gasteiger partial charge on any atom is 0.305 e. The van der Waals surface area contributed by atoms with Crippen LogP contribution in [0.2, 0.25) is 0 Å². The highest BCUT2D eigenvalue weighted by Gasteiger charge is 1.96. The molecular formula is C21H34O3. The van der Waals surface area contributed by atoms with Crippen molar-refractivity contribution in [3.63, 3.8) is 0 Å². The van der Waals surface area contributed by atoms with Gasteiger partial charge in [0.15, 0.2) is 0 Å². The van der Waals surface area contributed by atoms with Gasteiger partial charge >= 0.3 is 5.97 Å². The predicted molar refractivity (Wildman–Crippen MR) is 102 cm³/mol. The van der Waals surface area contributed by atoms with E-state index < -0.39 is 6.10 Å². The van der Waals surface area contributed by atoms with Gasteiger partial charge in [-0.2, -0.15) is 0 Å². The van der Waals surface area contributed by atoms with Gasteiger partial charge in [0.25, 0.3) is 0 Å². The number of aliphatic hydroxyl groups excluding tert-OH is 1. The second kappa shape index (κ2) is 17.7. The maximum atomic E-state index is 10.9. The molecule has 0 aliphatic rings. The van der Waals surface area contributed by atoms with Gasteiger partial charge in [-0.15, -0.1) is 0 Å². The first kappa shape index (κ1) is 22.4. The molecule has 1 N–H and O–H groups in total. The van der Waals surface area contributed by atoms with E-state index in [9.17, 15) is 9.90 Å². The van der Waals surface area contributed by atoms with Gasteiger partial charge in [0.2, 0.25) is 0 Å². The molecule has 0 bridgehead atoms. The molecule has 0 aliphatic heterocycles. The fourth-order valence-electron chi connectivity index (χ4n) is 2.05. The van der Waals surface area contributed by atoms with Gasteiger partial charge in [0, 0.05) is 6.42 Å². The molecule has 0 aliphatic carbocycles. The number of aliphatic hydroxyl groups is 1. The van der Waals surface area contributed by atoms with Crippen LogP contribution in [0, 0.1) is 0 Å². The lowest BCUT2D eigenvalue weighted by atomic mass is 10.1. The number of methoxy groups -OCH3 is 1. The Balaban J connectivity index is 3.63. The fourth-order valence-corrected chi connectivity index (χ4v) is 2.05. The second-order valence-electron chi connectivity index (χ2n) is 5.76. The van der Waals surface area contributed by atoms with Gasteiger partial charge in [-0.25, -0.2) is 0 Å². The smallest absolute Gasteiger partial charge is 0.305 e. The van der Waals surface area contributed by atoms with Crippen molar-refractivity contribution in [1.29, 1.82) is 0 Å². The first-order valence-corrected chi connectivity index (χ1v) is 9.08. The lowest BCUT2D eigenvalue weighted by molar-refractivity contribution is -0.140. The van der Waals surface area contributed by atoms with Crippen LogP contribution in [0.15, 0.2) is 48.6 Å². The van der Waals surface area contributed by atoms with Gasteiger partial charge in [-0.3, -0.25) is 4.79 Å². The zero-order valence-electron chi connectivity index (χ0n) is 15.3. The van der Waals surface area contributed by atoms with Crippen LogP contribution < -0.4 is 0 Å². The molecule has 0 fully saturated rings. The number of allylic oxidation sites excluding steroid dienone is 6. The third-order valence-corrected chi connectivity index (χ3v) is 3.52. The molecule has 0 amide bonds. The lowest BCUT2D eigenvalue weighted by Gasteiger charge is -1.99. The summed E-state index contributed by atoms with van der Waals surface area (Å²) in [5.74, 6) is -0.150. The summed E-state index contributed by atoms with van der Waals surface area (Å²) < 4.78 is 4.58. The van der Waals surface area contributed by atoms with E-state index in [0.717, 1.165) is 25.7 Å². The van der Waals surface area contributed by atoms with E-state index in [0.29, 0.717) is 12.8 Å². The minimum absolute atomic E-state index is 0.150. The average Bonchev–Trinajstić information content (AvgIpc) is 2.59. The molecule has 0 aromatic carbocycles. The van der Waals surface area contributed by atoms with Gasteiger partial charge in [-0.05, 0) is 38.5 Å². The minimum Gasteiger partial charge on any atom is -0.469 e. The van der Waals surface area contributed by atoms with Gasteiger partial charge in [0.1, 0.15) is 0 Å². The number of carbonyl (C=O) groups is 1. The molecular weight excluding hydrogens is 300 g/mol. The van der Waals surface area contributed by atoms with E-state index in [2.05, 4.69) is 36.0 Å². The monoisotopic (exact) mass is 334 g/mol. The van der Waals surface area contributed by atoms with E-state index in [1.54, 1.807) is 0 Å². The molecule has 0 unspecified atom stereocenters. The Kier molecular flexibility index (Phi) is 16.5. The predicted octanol–water partition coefficient (Wildman–Crippen LogP) is 5.28. The molecule has 3 heteroatoms. The Morgan fingerprint density at radius 1 is 1.00 bits per heavy atom. The van der Waals surface area contributed by atoms with E-state index >= 15 is 0 Å². The molecule has 0 radical (unpaired) electrons. The van der Waals surface area contributed by atoms with Crippen LogP contribution in [0.4, 0.5) is 0 Å². The Bertz CT molecular complexity index is 405. The fraction of sp³-hybridized carbons (Fsp3) is 0.571. The number of unbranched alkanes of at least 4 members (excludes halogenated alkanes) is 4. The van der Waals surface area contributed by atoms with Crippen LogP contribution >= 0.6 is 0 Å². The highest BCUT2D eigenvalue weighted by atomic mass is 16.5. The summed E-state index contributed by atoms with van der Waals surface area (Å²) in [6.45, 7) is 2.20. The zero-order valence-corrected chi connectivity index (χ0v) is 15.3. The number of esters is 1. The van der Waals surface area contributed by atoms with Crippen LogP contribution in [0.1, 0.15) is 64.7 Å². The van der Waals surface area contributed by atoms with Crippen molar-refractivity contribution in [2.24, 2.45) is 0 Å². The molecule has 0 saturated carbocycles. The van der Waals surface area contributed by atoms with E-state index in [1.807, 2.05) is 24.3 Å². The number of hydrogen-bond acceptors (Lipinski definition) is 3. The van der Waals surface area contributed by atoms with E-state index in [4.69, 9.17) is 0 Å². The van der Waals surface area contributed by atoms with Gasteiger partial charge in [0.05, 0.1) is 13.2 Å². The highest BCUT2D eigenvalue weighted by Crippen LogP contribution is 2.02. The van der Waals surface area contributed by atoms with Crippen LogP contribution in [0.25, 0.3) is 0 Å². The Morgan fingerprint density at radius 2 is 1.75 bits per heavy atom. The van der Waals surface area contributed by atoms with Crippen LogP contribution in [-0.4, -0.2) is 24.3 Å². The molecule has 0 rings (SSSR count). The Hall–Kier alpha value is -1.61. The maximum absolute atomic E-state index is 10.9. The molecule has 24 heavy (non-hydrogen) atoms. The first-order valence-electron chi connectivity index (χ1n) is 9.08. The molecule has 0 spiro atoms. The second-order valence-corrected chi connectivity index (χ2v) is 5.76. The van der Waals surface area contributed by atoms with Crippen molar-refractivity contribution in [2.45, 2.75) is 70.8 Å². The van der Waals surface area contributed by atoms with Crippen LogP contribution in [0.5, 0.6) is 0 Å². The van der Waals surface area contributed by atoms with Crippen molar-refractivity contribution in [3.8, 4) is 0 Å². The number of hydrogen-bond donors (Lipinski definition) is 1.